The number of methoxy groups -OCH3 is 1. The molecule has 0 saturated carbocycles. The smallest absolute Gasteiger partial charge is 0.257 e. The molecule has 0 spiro atoms. The molecule has 1 aliphatic rings. The van der Waals surface area contributed by atoms with Crippen molar-refractivity contribution in [2.45, 2.75) is 31.9 Å². The molecule has 1 aromatic heterocycles. The summed E-state index contributed by atoms with van der Waals surface area (Å²) in [6.07, 6.45) is 2.46. The molecule has 1 amide bonds. The minimum Gasteiger partial charge on any atom is -0.497 e. The summed E-state index contributed by atoms with van der Waals surface area (Å²) in [5, 5.41) is 14.5. The lowest BCUT2D eigenvalue weighted by Crippen LogP contribution is -2.32. The van der Waals surface area contributed by atoms with Crippen LogP contribution in [0.1, 0.15) is 41.0 Å². The van der Waals surface area contributed by atoms with Crippen molar-refractivity contribution in [1.29, 1.82) is 0 Å². The molecule has 3 rings (SSSR count). The van der Waals surface area contributed by atoms with E-state index in [4.69, 9.17) is 4.74 Å². The number of likely N-dealkylation sites (tertiary alicyclic amines) is 1. The standard InChI is InChI=1S/C18H23N3O3/c1-4-16-15(11-20(2)19-16)18(23)21-10-13(22)9-17(21)12-6-5-7-14(8-12)24-3/h5-8,11,13,17,22H,4,9-10H2,1-3H3. The largest absolute Gasteiger partial charge is 0.497 e. The highest BCUT2D eigenvalue weighted by atomic mass is 16.5. The fourth-order valence-corrected chi connectivity index (χ4v) is 3.33. The van der Waals surface area contributed by atoms with Gasteiger partial charge in [0.15, 0.2) is 0 Å². The van der Waals surface area contributed by atoms with Crippen LogP contribution in [0.15, 0.2) is 30.5 Å². The van der Waals surface area contributed by atoms with Gasteiger partial charge < -0.3 is 14.7 Å². The van der Waals surface area contributed by atoms with E-state index in [9.17, 15) is 9.90 Å². The minimum absolute atomic E-state index is 0.0793. The van der Waals surface area contributed by atoms with Crippen molar-refractivity contribution in [3.8, 4) is 5.75 Å². The maximum absolute atomic E-state index is 13.1. The van der Waals surface area contributed by atoms with Crippen LogP contribution in [-0.2, 0) is 13.5 Å². The molecule has 6 heteroatoms. The zero-order valence-corrected chi connectivity index (χ0v) is 14.3. The van der Waals surface area contributed by atoms with Gasteiger partial charge in [-0.25, -0.2) is 0 Å². The molecule has 1 aromatic carbocycles. The van der Waals surface area contributed by atoms with Crippen LogP contribution >= 0.6 is 0 Å². The van der Waals surface area contributed by atoms with Crippen molar-refractivity contribution in [2.75, 3.05) is 13.7 Å². The number of hydrogen-bond acceptors (Lipinski definition) is 4. The topological polar surface area (TPSA) is 67.6 Å². The Bertz CT molecular complexity index is 741. The van der Waals surface area contributed by atoms with Gasteiger partial charge in [-0.15, -0.1) is 0 Å². The van der Waals surface area contributed by atoms with Gasteiger partial charge in [0.25, 0.3) is 5.91 Å². The molecule has 1 saturated heterocycles. The second-order valence-electron chi connectivity index (χ2n) is 6.16. The highest BCUT2D eigenvalue weighted by Gasteiger charge is 2.37. The molecule has 2 heterocycles. The van der Waals surface area contributed by atoms with Crippen molar-refractivity contribution in [2.24, 2.45) is 7.05 Å². The number of carbonyl (C=O) groups is 1. The van der Waals surface area contributed by atoms with Crippen molar-refractivity contribution < 1.29 is 14.6 Å². The summed E-state index contributed by atoms with van der Waals surface area (Å²) in [6, 6.07) is 7.51. The first-order valence-electron chi connectivity index (χ1n) is 8.19. The molecule has 2 atom stereocenters. The van der Waals surface area contributed by atoms with Gasteiger partial charge in [0.05, 0.1) is 30.5 Å². The van der Waals surface area contributed by atoms with Crippen molar-refractivity contribution in [3.63, 3.8) is 0 Å². The Morgan fingerprint density at radius 2 is 2.25 bits per heavy atom. The van der Waals surface area contributed by atoms with Crippen molar-refractivity contribution in [3.05, 3.63) is 47.3 Å². The summed E-state index contributed by atoms with van der Waals surface area (Å²) in [4.78, 5) is 14.8. The molecule has 2 aromatic rings. The predicted octanol–water partition coefficient (Wildman–Crippen LogP) is 1.94. The Hall–Kier alpha value is -2.34. The van der Waals surface area contributed by atoms with Crippen molar-refractivity contribution >= 4 is 5.91 Å². The second-order valence-corrected chi connectivity index (χ2v) is 6.16. The van der Waals surface area contributed by atoms with Gasteiger partial charge in [-0.3, -0.25) is 9.48 Å². The summed E-state index contributed by atoms with van der Waals surface area (Å²) < 4.78 is 6.95. The molecule has 24 heavy (non-hydrogen) atoms. The molecule has 6 nitrogen and oxygen atoms in total. The van der Waals surface area contributed by atoms with Gasteiger partial charge in [0, 0.05) is 19.8 Å². The van der Waals surface area contributed by atoms with Crippen LogP contribution in [0.4, 0.5) is 0 Å². The van der Waals surface area contributed by atoms with Gasteiger partial charge in [-0.1, -0.05) is 19.1 Å². The highest BCUT2D eigenvalue weighted by molar-refractivity contribution is 5.95. The molecule has 0 bridgehead atoms. The summed E-state index contributed by atoms with van der Waals surface area (Å²) >= 11 is 0. The lowest BCUT2D eigenvalue weighted by molar-refractivity contribution is 0.0714. The van der Waals surface area contributed by atoms with E-state index >= 15 is 0 Å². The Morgan fingerprint density at radius 1 is 1.46 bits per heavy atom. The zero-order chi connectivity index (χ0) is 17.3. The summed E-state index contributed by atoms with van der Waals surface area (Å²) in [5.74, 6) is 0.668. The number of nitrogens with zero attached hydrogens (tertiary/aromatic N) is 3. The molecule has 0 radical (unpaired) electrons. The van der Waals surface area contributed by atoms with Crippen molar-refractivity contribution in [1.82, 2.24) is 14.7 Å². The number of ether oxygens (including phenoxy) is 1. The van der Waals surface area contributed by atoms with Crippen LogP contribution in [0.25, 0.3) is 0 Å². The number of benzene rings is 1. The van der Waals surface area contributed by atoms with E-state index in [0.717, 1.165) is 17.0 Å². The summed E-state index contributed by atoms with van der Waals surface area (Å²) in [5.41, 5.74) is 2.37. The van der Waals surface area contributed by atoms with E-state index in [2.05, 4.69) is 5.10 Å². The van der Waals surface area contributed by atoms with Gasteiger partial charge in [0.1, 0.15) is 5.75 Å². The third kappa shape index (κ3) is 3.01. The molecule has 1 fully saturated rings. The molecule has 1 N–H and O–H groups in total. The van der Waals surface area contributed by atoms with E-state index in [1.165, 1.54) is 0 Å². The monoisotopic (exact) mass is 329 g/mol. The molecular weight excluding hydrogens is 306 g/mol. The second kappa shape index (κ2) is 6.65. The van der Waals surface area contributed by atoms with E-state index in [0.29, 0.717) is 24.9 Å². The van der Waals surface area contributed by atoms with E-state index in [-0.39, 0.29) is 11.9 Å². The number of aryl methyl sites for hydroxylation is 2. The number of aliphatic hydroxyl groups excluding tert-OH is 1. The number of rotatable bonds is 4. The first kappa shape index (κ1) is 16.5. The number of hydrogen-bond donors (Lipinski definition) is 1. The Morgan fingerprint density at radius 3 is 2.96 bits per heavy atom. The third-order valence-corrected chi connectivity index (χ3v) is 4.49. The molecular formula is C18H23N3O3. The van der Waals surface area contributed by atoms with Gasteiger partial charge in [-0.2, -0.15) is 5.10 Å². The normalized spacial score (nSPS) is 20.4. The number of aliphatic hydroxyl groups is 1. The van der Waals surface area contributed by atoms with E-state index in [1.807, 2.05) is 38.2 Å². The lowest BCUT2D eigenvalue weighted by atomic mass is 10.0. The Labute approximate surface area is 141 Å². The van der Waals surface area contributed by atoms with E-state index < -0.39 is 6.10 Å². The minimum atomic E-state index is -0.521. The van der Waals surface area contributed by atoms with Crippen LogP contribution in [-0.4, -0.2) is 45.5 Å². The number of carbonyl (C=O) groups excluding carboxylic acids is 1. The van der Waals surface area contributed by atoms with Crippen LogP contribution in [0.3, 0.4) is 0 Å². The van der Waals surface area contributed by atoms with Crippen LogP contribution in [0.2, 0.25) is 0 Å². The first-order valence-corrected chi connectivity index (χ1v) is 8.19. The number of amides is 1. The Kier molecular flexibility index (Phi) is 4.57. The van der Waals surface area contributed by atoms with Crippen LogP contribution < -0.4 is 4.74 Å². The number of aromatic nitrogens is 2. The summed E-state index contributed by atoms with van der Waals surface area (Å²) in [7, 11) is 3.43. The highest BCUT2D eigenvalue weighted by Crippen LogP contribution is 2.35. The maximum Gasteiger partial charge on any atom is 0.257 e. The zero-order valence-electron chi connectivity index (χ0n) is 14.3. The molecule has 0 aliphatic carbocycles. The first-order chi connectivity index (χ1) is 11.5. The molecule has 2 unspecified atom stereocenters. The maximum atomic E-state index is 13.1. The van der Waals surface area contributed by atoms with E-state index in [1.54, 1.807) is 22.9 Å². The van der Waals surface area contributed by atoms with Gasteiger partial charge in [0.2, 0.25) is 0 Å². The fraction of sp³-hybridized carbons (Fsp3) is 0.444. The molecule has 128 valence electrons. The lowest BCUT2D eigenvalue weighted by Gasteiger charge is -2.25. The predicted molar refractivity (Wildman–Crippen MR) is 90.0 cm³/mol. The summed E-state index contributed by atoms with van der Waals surface area (Å²) in [6.45, 7) is 2.32. The van der Waals surface area contributed by atoms with Crippen LogP contribution in [0.5, 0.6) is 5.75 Å². The molecule has 1 aliphatic heterocycles. The Balaban J connectivity index is 1.93. The average Bonchev–Trinajstić information content (AvgIpc) is 3.16. The van der Waals surface area contributed by atoms with Gasteiger partial charge >= 0.3 is 0 Å². The van der Waals surface area contributed by atoms with Gasteiger partial charge in [-0.05, 0) is 30.5 Å². The third-order valence-electron chi connectivity index (χ3n) is 4.49. The average molecular weight is 329 g/mol. The number of β-amino-alcohol motifs (C(OH)–C–C–N with tert-alkyl or cyclic N) is 1. The van der Waals surface area contributed by atoms with Crippen LogP contribution in [0, 0.1) is 0 Å². The quantitative estimate of drug-likeness (QED) is 0.931. The SMILES string of the molecule is CCc1nn(C)cc1C(=O)N1CC(O)CC1c1cccc(OC)c1. The fourth-order valence-electron chi connectivity index (χ4n) is 3.33.